The van der Waals surface area contributed by atoms with Gasteiger partial charge in [0.2, 0.25) is 5.95 Å². The molecule has 3 aromatic rings. The Kier molecular flexibility index (Phi) is 5.30. The van der Waals surface area contributed by atoms with E-state index in [1.54, 1.807) is 18.2 Å². The summed E-state index contributed by atoms with van der Waals surface area (Å²) in [6, 6.07) is 4.79. The van der Waals surface area contributed by atoms with Gasteiger partial charge in [0.25, 0.3) is 0 Å². The number of nitrogens with one attached hydrogen (secondary N) is 1. The summed E-state index contributed by atoms with van der Waals surface area (Å²) in [6.45, 7) is 0.966. The molecule has 158 valence electrons. The number of carbonyl (C=O) groups is 1. The highest BCUT2D eigenvalue weighted by Crippen LogP contribution is 2.32. The summed E-state index contributed by atoms with van der Waals surface area (Å²) >= 11 is 6.14. The number of nitrogens with two attached hydrogens (primary N) is 1. The topological polar surface area (TPSA) is 169 Å². The Morgan fingerprint density at radius 3 is 2.73 bits per heavy atom. The minimum Gasteiger partial charge on any atom is -0.394 e. The van der Waals surface area contributed by atoms with Gasteiger partial charge in [-0.2, -0.15) is 9.97 Å². The maximum absolute atomic E-state index is 11.5. The van der Waals surface area contributed by atoms with Gasteiger partial charge in [-0.1, -0.05) is 11.6 Å². The Balaban J connectivity index is 1.69. The first-order valence-corrected chi connectivity index (χ1v) is 9.38. The molecule has 0 bridgehead atoms. The molecule has 0 unspecified atom stereocenters. The third-order valence-electron chi connectivity index (χ3n) is 4.84. The molecule has 1 aliphatic rings. The third kappa shape index (κ3) is 3.46. The van der Waals surface area contributed by atoms with Gasteiger partial charge in [-0.3, -0.25) is 9.36 Å². The first kappa shape index (κ1) is 20.4. The molecule has 2 aromatic heterocycles. The van der Waals surface area contributed by atoms with E-state index in [4.69, 9.17) is 22.1 Å². The molecule has 1 fully saturated rings. The second-order valence-electron chi connectivity index (χ2n) is 6.86. The number of rotatable bonds is 5. The highest BCUT2D eigenvalue weighted by Gasteiger charge is 2.44. The molecule has 3 heterocycles. The van der Waals surface area contributed by atoms with Gasteiger partial charge in [0.15, 0.2) is 23.5 Å². The van der Waals surface area contributed by atoms with Crippen molar-refractivity contribution in [3.63, 3.8) is 0 Å². The molecule has 0 saturated carbocycles. The van der Waals surface area contributed by atoms with E-state index in [-0.39, 0.29) is 33.7 Å². The third-order valence-corrected chi connectivity index (χ3v) is 5.16. The Morgan fingerprint density at radius 1 is 1.33 bits per heavy atom. The molecule has 12 heteroatoms. The number of Topliss-reactive ketones (excluding diaryl/α,β-unsaturated/α-hetero) is 1. The Morgan fingerprint density at radius 2 is 2.10 bits per heavy atom. The summed E-state index contributed by atoms with van der Waals surface area (Å²) in [7, 11) is 0. The molecule has 0 spiro atoms. The molecule has 1 saturated heterocycles. The first-order chi connectivity index (χ1) is 14.3. The number of benzene rings is 1. The van der Waals surface area contributed by atoms with Crippen molar-refractivity contribution in [3.05, 3.63) is 35.1 Å². The van der Waals surface area contributed by atoms with Crippen molar-refractivity contribution < 1.29 is 24.9 Å². The van der Waals surface area contributed by atoms with Gasteiger partial charge in [-0.15, -0.1) is 0 Å². The van der Waals surface area contributed by atoms with Crippen LogP contribution in [0.1, 0.15) is 23.5 Å². The minimum atomic E-state index is -1.30. The fraction of sp³-hybridized carbons (Fsp3) is 0.333. The van der Waals surface area contributed by atoms with Crippen LogP contribution in [0.15, 0.2) is 24.5 Å². The lowest BCUT2D eigenvalue weighted by atomic mass is 10.1. The molecule has 1 aromatic carbocycles. The number of aliphatic hydroxyl groups is 3. The summed E-state index contributed by atoms with van der Waals surface area (Å²) < 4.78 is 6.95. The lowest BCUT2D eigenvalue weighted by Gasteiger charge is -2.17. The minimum absolute atomic E-state index is 0.0828. The highest BCUT2D eigenvalue weighted by molar-refractivity contribution is 6.34. The quantitative estimate of drug-likeness (QED) is 0.359. The summed E-state index contributed by atoms with van der Waals surface area (Å²) in [5, 5.41) is 32.9. The van der Waals surface area contributed by atoms with Crippen LogP contribution in [0.3, 0.4) is 0 Å². The lowest BCUT2D eigenvalue weighted by molar-refractivity contribution is -0.0511. The Hall–Kier alpha value is -2.83. The molecule has 11 nitrogen and oxygen atoms in total. The standard InChI is InChI=1S/C18H19ClN6O5/c1-7(27)9-3-2-8(4-10(9)19)22-18-23-15(20)12-16(24-18)25(6-21-12)17-14(29)13(28)11(5-26)30-17/h2-4,6,11,13-14,17,26,28-29H,5H2,1H3,(H3,20,22,23,24)/t11-,13-,14-,17-/m1/s1. The number of aromatic nitrogens is 4. The SMILES string of the molecule is CC(=O)c1ccc(Nc2nc(N)c3ncn([C@@H]4O[C@H](CO)[C@@H](O)[C@H]4O)c3n2)cc1Cl. The molecule has 30 heavy (non-hydrogen) atoms. The number of nitrogens with zero attached hydrogens (tertiary/aromatic N) is 4. The summed E-state index contributed by atoms with van der Waals surface area (Å²) in [4.78, 5) is 24.2. The number of nitrogen functional groups attached to an aromatic ring is 1. The summed E-state index contributed by atoms with van der Waals surface area (Å²) in [6.07, 6.45) is -3.17. The van der Waals surface area contributed by atoms with E-state index in [0.717, 1.165) is 0 Å². The number of anilines is 3. The van der Waals surface area contributed by atoms with Crippen LogP contribution in [0.25, 0.3) is 11.2 Å². The fourth-order valence-electron chi connectivity index (χ4n) is 3.30. The van der Waals surface area contributed by atoms with E-state index in [9.17, 15) is 20.1 Å². The van der Waals surface area contributed by atoms with E-state index in [0.29, 0.717) is 11.3 Å². The van der Waals surface area contributed by atoms with Gasteiger partial charge in [0.05, 0.1) is 18.0 Å². The zero-order valence-corrected chi connectivity index (χ0v) is 16.5. The predicted octanol–water partition coefficient (Wildman–Crippen LogP) is 0.620. The highest BCUT2D eigenvalue weighted by atomic mass is 35.5. The van der Waals surface area contributed by atoms with Crippen LogP contribution < -0.4 is 11.1 Å². The largest absolute Gasteiger partial charge is 0.394 e. The molecule has 4 atom stereocenters. The van der Waals surface area contributed by atoms with E-state index in [2.05, 4.69) is 20.3 Å². The van der Waals surface area contributed by atoms with Crippen molar-refractivity contribution in [2.45, 2.75) is 31.5 Å². The van der Waals surface area contributed by atoms with Crippen LogP contribution in [0, 0.1) is 0 Å². The fourth-order valence-corrected chi connectivity index (χ4v) is 3.61. The number of imidazole rings is 1. The molecule has 6 N–H and O–H groups in total. The van der Waals surface area contributed by atoms with Gasteiger partial charge in [-0.05, 0) is 25.1 Å². The van der Waals surface area contributed by atoms with Gasteiger partial charge < -0.3 is 31.1 Å². The smallest absolute Gasteiger partial charge is 0.231 e. The number of carbonyl (C=O) groups excluding carboxylic acids is 1. The second-order valence-corrected chi connectivity index (χ2v) is 7.27. The molecular weight excluding hydrogens is 416 g/mol. The van der Waals surface area contributed by atoms with Crippen molar-refractivity contribution in [2.75, 3.05) is 17.7 Å². The van der Waals surface area contributed by atoms with Crippen LogP contribution >= 0.6 is 11.6 Å². The van der Waals surface area contributed by atoms with Crippen LogP contribution in [0.4, 0.5) is 17.5 Å². The van der Waals surface area contributed by atoms with Crippen LogP contribution in [0.5, 0.6) is 0 Å². The number of halogens is 1. The Bertz CT molecular complexity index is 1120. The van der Waals surface area contributed by atoms with E-state index >= 15 is 0 Å². The number of ether oxygens (including phenoxy) is 1. The first-order valence-electron chi connectivity index (χ1n) is 9.00. The van der Waals surface area contributed by atoms with Crippen LogP contribution in [-0.2, 0) is 4.74 Å². The average molecular weight is 435 g/mol. The van der Waals surface area contributed by atoms with Gasteiger partial charge in [-0.25, -0.2) is 4.98 Å². The monoisotopic (exact) mass is 434 g/mol. The van der Waals surface area contributed by atoms with Gasteiger partial charge in [0.1, 0.15) is 23.8 Å². The van der Waals surface area contributed by atoms with E-state index in [1.807, 2.05) is 0 Å². The number of hydrogen-bond acceptors (Lipinski definition) is 10. The van der Waals surface area contributed by atoms with E-state index in [1.165, 1.54) is 17.8 Å². The van der Waals surface area contributed by atoms with Crippen molar-refractivity contribution >= 4 is 46.0 Å². The van der Waals surface area contributed by atoms with E-state index < -0.39 is 31.1 Å². The molecule has 4 rings (SSSR count). The van der Waals surface area contributed by atoms with Crippen LogP contribution in [-0.4, -0.2) is 65.5 Å². The number of ketones is 1. The number of hydrogen-bond donors (Lipinski definition) is 5. The van der Waals surface area contributed by atoms with Crippen LogP contribution in [0.2, 0.25) is 5.02 Å². The zero-order valence-electron chi connectivity index (χ0n) is 15.7. The zero-order chi connectivity index (χ0) is 21.6. The van der Waals surface area contributed by atoms with Crippen molar-refractivity contribution in [1.29, 1.82) is 0 Å². The number of fused-ring (bicyclic) bond motifs is 1. The van der Waals surface area contributed by atoms with Crippen molar-refractivity contribution in [1.82, 2.24) is 19.5 Å². The molecule has 0 aliphatic carbocycles. The second kappa shape index (κ2) is 7.78. The normalized spacial score (nSPS) is 23.8. The van der Waals surface area contributed by atoms with Crippen molar-refractivity contribution in [3.8, 4) is 0 Å². The average Bonchev–Trinajstić information content (AvgIpc) is 3.23. The molecular formula is C18H19ClN6O5. The van der Waals surface area contributed by atoms with Gasteiger partial charge in [0, 0.05) is 11.3 Å². The molecule has 0 amide bonds. The Labute approximate surface area is 175 Å². The molecule has 1 aliphatic heterocycles. The summed E-state index contributed by atoms with van der Waals surface area (Å²) in [5.74, 6) is 0.0513. The van der Waals surface area contributed by atoms with Gasteiger partial charge >= 0.3 is 0 Å². The maximum atomic E-state index is 11.5. The molecule has 0 radical (unpaired) electrons. The lowest BCUT2D eigenvalue weighted by Crippen LogP contribution is -2.33. The number of aliphatic hydroxyl groups excluding tert-OH is 3. The predicted molar refractivity (Wildman–Crippen MR) is 107 cm³/mol. The van der Waals surface area contributed by atoms with Crippen molar-refractivity contribution in [2.24, 2.45) is 0 Å². The maximum Gasteiger partial charge on any atom is 0.231 e. The summed E-state index contributed by atoms with van der Waals surface area (Å²) in [5.41, 5.74) is 7.46.